The third kappa shape index (κ3) is 6.24. The molecule has 0 aliphatic rings. The average molecular weight is 272 g/mol. The molecule has 0 saturated heterocycles. The maximum absolute atomic E-state index is 10.5. The number of aliphatic carboxylic acids is 1. The minimum absolute atomic E-state index is 0.125. The molecule has 1 unspecified atom stereocenters. The number of aliphatic hydroxyl groups is 1. The van der Waals surface area contributed by atoms with Crippen molar-refractivity contribution in [2.45, 2.75) is 25.4 Å². The van der Waals surface area contributed by atoms with Gasteiger partial charge in [-0.2, -0.15) is 0 Å². The molecular weight excluding hydrogens is 263 g/mol. The van der Waals surface area contributed by atoms with Crippen LogP contribution in [0.3, 0.4) is 0 Å². The van der Waals surface area contributed by atoms with Crippen LogP contribution in [0.2, 0.25) is 0 Å². The van der Waals surface area contributed by atoms with Crippen molar-refractivity contribution in [2.24, 2.45) is 0 Å². The van der Waals surface area contributed by atoms with E-state index in [1.165, 1.54) is 29.5 Å². The van der Waals surface area contributed by atoms with Crippen molar-refractivity contribution in [2.75, 3.05) is 0 Å². The van der Waals surface area contributed by atoms with Gasteiger partial charge in [0.25, 0.3) is 0 Å². The molecule has 0 radical (unpaired) electrons. The smallest absolute Gasteiger partial charge is 0.306 e. The van der Waals surface area contributed by atoms with Gasteiger partial charge in [0.15, 0.2) is 3.79 Å². The van der Waals surface area contributed by atoms with Crippen LogP contribution in [-0.2, 0) is 9.59 Å². The van der Waals surface area contributed by atoms with Crippen LogP contribution in [0.1, 0.15) is 19.8 Å². The molecule has 64 valence electrons. The minimum Gasteiger partial charge on any atom is -0.481 e. The Labute approximate surface area is 77.7 Å². The lowest BCUT2D eigenvalue weighted by molar-refractivity contribution is -0.142. The lowest BCUT2D eigenvalue weighted by atomic mass is 9.99. The van der Waals surface area contributed by atoms with Crippen molar-refractivity contribution in [1.82, 2.24) is 0 Å². The Kier molecular flexibility index (Phi) is 3.95. The van der Waals surface area contributed by atoms with Gasteiger partial charge >= 0.3 is 5.97 Å². The van der Waals surface area contributed by atoms with Gasteiger partial charge in [0.2, 0.25) is 0 Å². The van der Waals surface area contributed by atoms with Crippen molar-refractivity contribution in [3.05, 3.63) is 0 Å². The Morgan fingerprint density at radius 2 is 1.91 bits per heavy atom. The number of hydrogen-bond acceptors (Lipinski definition) is 3. The highest BCUT2D eigenvalue weighted by Gasteiger charge is 2.26. The van der Waals surface area contributed by atoms with E-state index in [0.29, 0.717) is 0 Å². The Balaban J connectivity index is 3.99. The summed E-state index contributed by atoms with van der Waals surface area (Å²) in [7, 11) is 0. The molecule has 0 saturated carbocycles. The van der Waals surface area contributed by atoms with E-state index < -0.39 is 18.0 Å². The lowest BCUT2D eigenvalue weighted by Crippen LogP contribution is -2.29. The highest BCUT2D eigenvalue weighted by Crippen LogP contribution is 2.16. The number of carboxylic acids is 1. The SMILES string of the molecule is CC(O)(CC(=O)O)CC(=O)I. The first kappa shape index (κ1) is 10.8. The highest BCUT2D eigenvalue weighted by atomic mass is 127. The second kappa shape index (κ2) is 4.01. The molecule has 1 atom stereocenters. The average Bonchev–Trinajstić information content (AvgIpc) is 1.53. The summed E-state index contributed by atoms with van der Waals surface area (Å²) in [5, 5.41) is 17.5. The highest BCUT2D eigenvalue weighted by molar-refractivity contribution is 14.1. The third-order valence-electron chi connectivity index (χ3n) is 1.05. The van der Waals surface area contributed by atoms with Crippen molar-refractivity contribution >= 4 is 32.4 Å². The topological polar surface area (TPSA) is 74.6 Å². The van der Waals surface area contributed by atoms with Crippen molar-refractivity contribution in [3.8, 4) is 0 Å². The number of hydrogen-bond donors (Lipinski definition) is 2. The molecule has 0 amide bonds. The predicted octanol–water partition coefficient (Wildman–Crippen LogP) is 0.564. The van der Waals surface area contributed by atoms with Gasteiger partial charge in [-0.1, -0.05) is 0 Å². The molecule has 0 aromatic carbocycles. The van der Waals surface area contributed by atoms with Gasteiger partial charge < -0.3 is 10.2 Å². The Hall–Kier alpha value is -0.170. The van der Waals surface area contributed by atoms with E-state index in [2.05, 4.69) is 0 Å². The predicted molar refractivity (Wildman–Crippen MR) is 46.5 cm³/mol. The van der Waals surface area contributed by atoms with E-state index in [-0.39, 0.29) is 10.2 Å². The molecule has 11 heavy (non-hydrogen) atoms. The summed E-state index contributed by atoms with van der Waals surface area (Å²) in [6.07, 6.45) is -0.526. The Bertz CT molecular complexity index is 157. The number of carbonyl (C=O) groups excluding carboxylic acids is 1. The van der Waals surface area contributed by atoms with E-state index in [9.17, 15) is 14.7 Å². The molecule has 0 aromatic rings. The van der Waals surface area contributed by atoms with Crippen molar-refractivity contribution < 1.29 is 19.8 Å². The standard InChI is InChI=1S/C6H9IO4/c1-6(11,2-4(7)8)3-5(9)10/h11H,2-3H2,1H3,(H,9,10). The van der Waals surface area contributed by atoms with Crippen LogP contribution in [0, 0.1) is 0 Å². The summed E-state index contributed by atoms with van der Waals surface area (Å²) in [6, 6.07) is 0. The molecule has 0 fully saturated rings. The van der Waals surface area contributed by atoms with Crippen molar-refractivity contribution in [1.29, 1.82) is 0 Å². The maximum atomic E-state index is 10.5. The molecule has 0 spiro atoms. The minimum atomic E-state index is -1.41. The summed E-state index contributed by atoms with van der Waals surface area (Å²) in [5.41, 5.74) is -1.41. The van der Waals surface area contributed by atoms with Gasteiger partial charge in [-0.3, -0.25) is 9.59 Å². The van der Waals surface area contributed by atoms with E-state index in [4.69, 9.17) is 5.11 Å². The normalized spacial score (nSPS) is 15.5. The molecule has 4 nitrogen and oxygen atoms in total. The van der Waals surface area contributed by atoms with Crippen LogP contribution >= 0.6 is 22.6 Å². The molecule has 0 aromatic heterocycles. The number of rotatable bonds is 4. The quantitative estimate of drug-likeness (QED) is 0.579. The van der Waals surface area contributed by atoms with Crippen LogP contribution in [0.15, 0.2) is 0 Å². The molecule has 5 heteroatoms. The van der Waals surface area contributed by atoms with E-state index in [0.717, 1.165) is 0 Å². The lowest BCUT2D eigenvalue weighted by Gasteiger charge is -2.17. The Morgan fingerprint density at radius 1 is 1.45 bits per heavy atom. The summed E-state index contributed by atoms with van der Waals surface area (Å²) < 4.78 is -0.242. The molecule has 0 rings (SSSR count). The fraction of sp³-hybridized carbons (Fsp3) is 0.667. The van der Waals surface area contributed by atoms with Crippen LogP contribution in [0.5, 0.6) is 0 Å². The zero-order valence-corrected chi connectivity index (χ0v) is 8.16. The molecule has 0 aliphatic carbocycles. The molecule has 0 bridgehead atoms. The molecular formula is C6H9IO4. The second-order valence-electron chi connectivity index (χ2n) is 2.60. The first-order valence-electron chi connectivity index (χ1n) is 2.96. The van der Waals surface area contributed by atoms with Gasteiger partial charge in [-0.15, -0.1) is 0 Å². The largest absolute Gasteiger partial charge is 0.481 e. The van der Waals surface area contributed by atoms with Crippen molar-refractivity contribution in [3.63, 3.8) is 0 Å². The van der Waals surface area contributed by atoms with Crippen LogP contribution in [0.25, 0.3) is 0 Å². The van der Waals surface area contributed by atoms with Gasteiger partial charge in [-0.05, 0) is 29.5 Å². The number of carboxylic acid groups (broad SMARTS) is 1. The van der Waals surface area contributed by atoms with Gasteiger partial charge in [0.05, 0.1) is 12.0 Å². The summed E-state index contributed by atoms with van der Waals surface area (Å²) in [6.45, 7) is 1.33. The molecule has 0 heterocycles. The van der Waals surface area contributed by atoms with Gasteiger partial charge in [-0.25, -0.2) is 0 Å². The van der Waals surface area contributed by atoms with Gasteiger partial charge in [0, 0.05) is 6.42 Å². The zero-order valence-electron chi connectivity index (χ0n) is 6.00. The van der Waals surface area contributed by atoms with E-state index >= 15 is 0 Å². The summed E-state index contributed by atoms with van der Waals surface area (Å²) in [5.74, 6) is -1.10. The van der Waals surface area contributed by atoms with Gasteiger partial charge in [0.1, 0.15) is 0 Å². The number of carbonyl (C=O) groups is 2. The molecule has 0 aliphatic heterocycles. The fourth-order valence-corrected chi connectivity index (χ4v) is 1.51. The monoisotopic (exact) mass is 272 g/mol. The first-order valence-corrected chi connectivity index (χ1v) is 4.04. The van der Waals surface area contributed by atoms with E-state index in [1.54, 1.807) is 0 Å². The molecule has 2 N–H and O–H groups in total. The first-order chi connectivity index (χ1) is 4.83. The summed E-state index contributed by atoms with van der Waals surface area (Å²) >= 11 is 1.52. The maximum Gasteiger partial charge on any atom is 0.306 e. The zero-order chi connectivity index (χ0) is 9.07. The summed E-state index contributed by atoms with van der Waals surface area (Å²) in [4.78, 5) is 20.6. The third-order valence-corrected chi connectivity index (χ3v) is 1.43. The van der Waals surface area contributed by atoms with Crippen LogP contribution in [-0.4, -0.2) is 25.6 Å². The second-order valence-corrected chi connectivity index (χ2v) is 3.80. The van der Waals surface area contributed by atoms with Crippen LogP contribution in [0.4, 0.5) is 0 Å². The fourth-order valence-electron chi connectivity index (χ4n) is 0.688. The Morgan fingerprint density at radius 3 is 2.18 bits per heavy atom. The van der Waals surface area contributed by atoms with Crippen LogP contribution < -0.4 is 0 Å². The van der Waals surface area contributed by atoms with E-state index in [1.807, 2.05) is 0 Å². The number of halogens is 1.